The lowest BCUT2D eigenvalue weighted by atomic mass is 10.1. The molecule has 1 saturated carbocycles. The molecule has 1 aromatic rings. The van der Waals surface area contributed by atoms with Gasteiger partial charge in [0.15, 0.2) is 5.96 Å². The summed E-state index contributed by atoms with van der Waals surface area (Å²) in [5, 5.41) is 3.62. The molecule has 0 aromatic heterocycles. The highest BCUT2D eigenvalue weighted by Crippen LogP contribution is 2.40. The van der Waals surface area contributed by atoms with E-state index >= 15 is 0 Å². The van der Waals surface area contributed by atoms with Crippen LogP contribution in [0.1, 0.15) is 31.7 Å². The molecule has 1 N–H and O–H groups in total. The van der Waals surface area contributed by atoms with Crippen molar-refractivity contribution in [3.05, 3.63) is 35.9 Å². The molecule has 3 rings (SSSR count). The molecule has 0 spiro atoms. The van der Waals surface area contributed by atoms with Crippen LogP contribution in [0.2, 0.25) is 0 Å². The number of guanidine groups is 1. The number of nitrogens with one attached hydrogen (secondary N) is 1. The predicted octanol–water partition coefficient (Wildman–Crippen LogP) is 2.28. The third-order valence-electron chi connectivity index (χ3n) is 4.75. The Labute approximate surface area is 149 Å². The molecular formula is C19H28N4O2. The molecule has 1 aromatic carbocycles. The smallest absolute Gasteiger partial charge is 0.409 e. The lowest BCUT2D eigenvalue weighted by molar-refractivity contribution is 0.0914. The minimum absolute atomic E-state index is 0.213. The second-order valence-electron chi connectivity index (χ2n) is 6.47. The van der Waals surface area contributed by atoms with Crippen LogP contribution in [0.25, 0.3) is 0 Å². The monoisotopic (exact) mass is 344 g/mol. The highest BCUT2D eigenvalue weighted by atomic mass is 16.6. The number of rotatable bonds is 4. The number of aliphatic imine (C=N–C) groups is 1. The maximum atomic E-state index is 11.8. The van der Waals surface area contributed by atoms with Crippen molar-refractivity contribution in [2.24, 2.45) is 4.99 Å². The average Bonchev–Trinajstić information content (AvgIpc) is 3.42. The number of carbonyl (C=O) groups excluding carboxylic acids is 1. The molecule has 2 unspecified atom stereocenters. The van der Waals surface area contributed by atoms with Gasteiger partial charge in [0.05, 0.1) is 6.61 Å². The molecule has 0 radical (unpaired) electrons. The molecule has 2 atom stereocenters. The molecule has 6 nitrogen and oxygen atoms in total. The van der Waals surface area contributed by atoms with Gasteiger partial charge in [-0.15, -0.1) is 0 Å². The van der Waals surface area contributed by atoms with E-state index < -0.39 is 0 Å². The molecule has 1 aliphatic carbocycles. The fourth-order valence-corrected chi connectivity index (χ4v) is 3.29. The lowest BCUT2D eigenvalue weighted by Crippen LogP contribution is -2.54. The summed E-state index contributed by atoms with van der Waals surface area (Å²) in [5.41, 5.74) is 1.39. The van der Waals surface area contributed by atoms with Crippen molar-refractivity contribution >= 4 is 12.1 Å². The van der Waals surface area contributed by atoms with Gasteiger partial charge in [-0.25, -0.2) is 4.79 Å². The fraction of sp³-hybridized carbons (Fsp3) is 0.579. The van der Waals surface area contributed by atoms with Crippen LogP contribution in [0.4, 0.5) is 4.79 Å². The van der Waals surface area contributed by atoms with E-state index in [1.165, 1.54) is 5.56 Å². The number of benzene rings is 1. The number of ether oxygens (including phenoxy) is 1. The van der Waals surface area contributed by atoms with E-state index in [1.807, 2.05) is 6.92 Å². The highest BCUT2D eigenvalue weighted by molar-refractivity contribution is 5.81. The van der Waals surface area contributed by atoms with E-state index in [4.69, 9.17) is 4.74 Å². The predicted molar refractivity (Wildman–Crippen MR) is 98.9 cm³/mol. The van der Waals surface area contributed by atoms with Gasteiger partial charge in [0.2, 0.25) is 0 Å². The fourth-order valence-electron chi connectivity index (χ4n) is 3.29. The van der Waals surface area contributed by atoms with Gasteiger partial charge < -0.3 is 19.9 Å². The SMILES string of the molecule is CCN=C(NC1CC1c1ccccc1)N1CCN(C(=O)OCC)CC1. The second kappa shape index (κ2) is 8.23. The zero-order chi connectivity index (χ0) is 17.6. The van der Waals surface area contributed by atoms with E-state index in [-0.39, 0.29) is 6.09 Å². The minimum Gasteiger partial charge on any atom is -0.450 e. The zero-order valence-corrected chi connectivity index (χ0v) is 15.1. The molecule has 0 bridgehead atoms. The van der Waals surface area contributed by atoms with E-state index in [0.29, 0.717) is 31.7 Å². The number of amides is 1. The third-order valence-corrected chi connectivity index (χ3v) is 4.75. The summed E-state index contributed by atoms with van der Waals surface area (Å²) < 4.78 is 5.08. The third kappa shape index (κ3) is 4.44. The van der Waals surface area contributed by atoms with Gasteiger partial charge in [0, 0.05) is 44.7 Å². The quantitative estimate of drug-likeness (QED) is 0.672. The highest BCUT2D eigenvalue weighted by Gasteiger charge is 2.39. The van der Waals surface area contributed by atoms with Crippen LogP contribution in [-0.2, 0) is 4.74 Å². The van der Waals surface area contributed by atoms with E-state index in [0.717, 1.165) is 32.0 Å². The van der Waals surface area contributed by atoms with Crippen LogP contribution in [0.5, 0.6) is 0 Å². The van der Waals surface area contributed by atoms with Gasteiger partial charge in [0.1, 0.15) is 0 Å². The Morgan fingerprint density at radius 2 is 1.84 bits per heavy atom. The van der Waals surface area contributed by atoms with Crippen LogP contribution >= 0.6 is 0 Å². The second-order valence-corrected chi connectivity index (χ2v) is 6.47. The summed E-state index contributed by atoms with van der Waals surface area (Å²) >= 11 is 0. The Balaban J connectivity index is 1.53. The Kier molecular flexibility index (Phi) is 5.79. The van der Waals surface area contributed by atoms with Gasteiger partial charge in [-0.05, 0) is 25.8 Å². The lowest BCUT2D eigenvalue weighted by Gasteiger charge is -2.36. The Bertz CT molecular complexity index is 597. The van der Waals surface area contributed by atoms with Crippen molar-refractivity contribution < 1.29 is 9.53 Å². The summed E-state index contributed by atoms with van der Waals surface area (Å²) in [5.74, 6) is 1.54. The van der Waals surface area contributed by atoms with Gasteiger partial charge in [-0.1, -0.05) is 30.3 Å². The normalized spacial score (nSPS) is 23.4. The first-order valence-corrected chi connectivity index (χ1v) is 9.25. The molecule has 136 valence electrons. The average molecular weight is 344 g/mol. The molecule has 1 aliphatic heterocycles. The van der Waals surface area contributed by atoms with Crippen molar-refractivity contribution in [1.82, 2.24) is 15.1 Å². The van der Waals surface area contributed by atoms with Crippen molar-refractivity contribution in [2.75, 3.05) is 39.3 Å². The van der Waals surface area contributed by atoms with Gasteiger partial charge in [0.25, 0.3) is 0 Å². The number of carbonyl (C=O) groups is 1. The van der Waals surface area contributed by atoms with Gasteiger partial charge >= 0.3 is 6.09 Å². The summed E-state index contributed by atoms with van der Waals surface area (Å²) in [6.45, 7) is 7.99. The maximum absolute atomic E-state index is 11.8. The van der Waals surface area contributed by atoms with Crippen molar-refractivity contribution in [3.63, 3.8) is 0 Å². The molecule has 1 amide bonds. The van der Waals surface area contributed by atoms with E-state index in [2.05, 4.69) is 52.5 Å². The first-order valence-electron chi connectivity index (χ1n) is 9.25. The zero-order valence-electron chi connectivity index (χ0n) is 15.1. The Morgan fingerprint density at radius 3 is 2.48 bits per heavy atom. The summed E-state index contributed by atoms with van der Waals surface area (Å²) in [7, 11) is 0. The molecule has 25 heavy (non-hydrogen) atoms. The van der Waals surface area contributed by atoms with Crippen molar-refractivity contribution in [1.29, 1.82) is 0 Å². The van der Waals surface area contributed by atoms with Crippen LogP contribution in [0.3, 0.4) is 0 Å². The first-order chi connectivity index (χ1) is 12.2. The van der Waals surface area contributed by atoms with Crippen LogP contribution in [0, 0.1) is 0 Å². The number of hydrogen-bond acceptors (Lipinski definition) is 3. The van der Waals surface area contributed by atoms with E-state index in [1.54, 1.807) is 4.90 Å². The van der Waals surface area contributed by atoms with Crippen molar-refractivity contribution in [3.8, 4) is 0 Å². The van der Waals surface area contributed by atoms with Crippen molar-refractivity contribution in [2.45, 2.75) is 32.2 Å². The van der Waals surface area contributed by atoms with Crippen LogP contribution in [0.15, 0.2) is 35.3 Å². The molecule has 2 fully saturated rings. The first kappa shape index (κ1) is 17.6. The minimum atomic E-state index is -0.213. The Morgan fingerprint density at radius 1 is 1.16 bits per heavy atom. The topological polar surface area (TPSA) is 57.2 Å². The number of piperazine rings is 1. The van der Waals surface area contributed by atoms with Crippen LogP contribution in [-0.4, -0.2) is 67.2 Å². The van der Waals surface area contributed by atoms with Crippen LogP contribution < -0.4 is 5.32 Å². The molecular weight excluding hydrogens is 316 g/mol. The molecule has 6 heteroatoms. The number of nitrogens with zero attached hydrogens (tertiary/aromatic N) is 3. The molecule has 1 heterocycles. The van der Waals surface area contributed by atoms with Gasteiger partial charge in [-0.2, -0.15) is 0 Å². The van der Waals surface area contributed by atoms with Gasteiger partial charge in [-0.3, -0.25) is 4.99 Å². The van der Waals surface area contributed by atoms with E-state index in [9.17, 15) is 4.79 Å². The molecule has 2 aliphatic rings. The Hall–Kier alpha value is -2.24. The summed E-state index contributed by atoms with van der Waals surface area (Å²) in [6, 6.07) is 11.1. The maximum Gasteiger partial charge on any atom is 0.409 e. The molecule has 1 saturated heterocycles. The summed E-state index contributed by atoms with van der Waals surface area (Å²) in [6.07, 6.45) is 0.936. The largest absolute Gasteiger partial charge is 0.450 e. The number of hydrogen-bond donors (Lipinski definition) is 1. The summed E-state index contributed by atoms with van der Waals surface area (Å²) in [4.78, 5) is 20.5. The standard InChI is InChI=1S/C19H28N4O2/c1-3-20-18(21-17-14-16(17)15-8-6-5-7-9-15)22-10-12-23(13-11-22)19(24)25-4-2/h5-9,16-17H,3-4,10-14H2,1-2H3,(H,20,21).